The molecule has 3 heteroatoms. The number of carbonyl (C=O) groups is 1. The van der Waals surface area contributed by atoms with Gasteiger partial charge in [-0.1, -0.05) is 19.3 Å². The van der Waals surface area contributed by atoms with Crippen LogP contribution in [0.4, 0.5) is 5.69 Å². The molecule has 0 radical (unpaired) electrons. The van der Waals surface area contributed by atoms with Gasteiger partial charge in [0.05, 0.1) is 6.54 Å². The first-order chi connectivity index (χ1) is 8.72. The van der Waals surface area contributed by atoms with Crippen molar-refractivity contribution < 1.29 is 4.79 Å². The zero-order valence-electron chi connectivity index (χ0n) is 11.1. The van der Waals surface area contributed by atoms with Gasteiger partial charge in [-0.15, -0.1) is 0 Å². The van der Waals surface area contributed by atoms with Gasteiger partial charge >= 0.3 is 0 Å². The number of hydrogen-bond acceptors (Lipinski definition) is 3. The Labute approximate surface area is 109 Å². The second kappa shape index (κ2) is 6.01. The average Bonchev–Trinajstić information content (AvgIpc) is 2.47. The van der Waals surface area contributed by atoms with Gasteiger partial charge < -0.3 is 10.6 Å². The highest BCUT2D eigenvalue weighted by molar-refractivity contribution is 5.97. The SMILES string of the molecule is CN(c1ccc(C(=O)CN)cc1)C1CCCCC1. The van der Waals surface area contributed by atoms with E-state index in [9.17, 15) is 4.79 Å². The second-order valence-corrected chi connectivity index (χ2v) is 5.08. The first-order valence-corrected chi connectivity index (χ1v) is 6.78. The fourth-order valence-electron chi connectivity index (χ4n) is 2.68. The fraction of sp³-hybridized carbons (Fsp3) is 0.533. The highest BCUT2D eigenvalue weighted by Crippen LogP contribution is 2.26. The summed E-state index contributed by atoms with van der Waals surface area (Å²) in [6.45, 7) is 0.0812. The van der Waals surface area contributed by atoms with Crippen LogP contribution in [0, 0.1) is 0 Å². The summed E-state index contributed by atoms with van der Waals surface area (Å²) in [5.74, 6) is 0.00173. The molecule has 1 fully saturated rings. The lowest BCUT2D eigenvalue weighted by Gasteiger charge is -2.33. The van der Waals surface area contributed by atoms with Crippen LogP contribution in [-0.2, 0) is 0 Å². The van der Waals surface area contributed by atoms with Crippen molar-refractivity contribution in [2.24, 2.45) is 5.73 Å². The Morgan fingerprint density at radius 2 is 1.83 bits per heavy atom. The van der Waals surface area contributed by atoms with E-state index < -0.39 is 0 Å². The van der Waals surface area contributed by atoms with Crippen molar-refractivity contribution in [1.82, 2.24) is 0 Å². The summed E-state index contributed by atoms with van der Waals surface area (Å²) in [5.41, 5.74) is 7.26. The predicted octanol–water partition coefficient (Wildman–Crippen LogP) is 2.60. The molecule has 2 N–H and O–H groups in total. The minimum atomic E-state index is 0.00173. The molecule has 98 valence electrons. The molecule has 3 nitrogen and oxygen atoms in total. The summed E-state index contributed by atoms with van der Waals surface area (Å²) in [5, 5.41) is 0. The van der Waals surface area contributed by atoms with E-state index in [-0.39, 0.29) is 12.3 Å². The van der Waals surface area contributed by atoms with E-state index in [1.165, 1.54) is 37.8 Å². The first kappa shape index (κ1) is 13.1. The lowest BCUT2D eigenvalue weighted by Crippen LogP contribution is -2.33. The number of nitrogens with zero attached hydrogens (tertiary/aromatic N) is 1. The molecule has 0 aliphatic heterocycles. The van der Waals surface area contributed by atoms with E-state index in [1.807, 2.05) is 24.3 Å². The summed E-state index contributed by atoms with van der Waals surface area (Å²) in [6, 6.07) is 8.46. The monoisotopic (exact) mass is 246 g/mol. The number of ketones is 1. The molecule has 0 saturated heterocycles. The Kier molecular flexibility index (Phi) is 4.37. The van der Waals surface area contributed by atoms with Gasteiger partial charge in [0, 0.05) is 24.3 Å². The number of hydrogen-bond donors (Lipinski definition) is 1. The molecule has 0 amide bonds. The zero-order chi connectivity index (χ0) is 13.0. The summed E-state index contributed by atoms with van der Waals surface area (Å²) >= 11 is 0. The summed E-state index contributed by atoms with van der Waals surface area (Å²) in [4.78, 5) is 13.8. The molecule has 0 atom stereocenters. The minimum absolute atomic E-state index is 0.00173. The van der Waals surface area contributed by atoms with Gasteiger partial charge in [-0.2, -0.15) is 0 Å². The van der Waals surface area contributed by atoms with Crippen LogP contribution in [-0.4, -0.2) is 25.4 Å². The van der Waals surface area contributed by atoms with E-state index in [2.05, 4.69) is 11.9 Å². The number of carbonyl (C=O) groups excluding carboxylic acids is 1. The van der Waals surface area contributed by atoms with E-state index in [0.29, 0.717) is 11.6 Å². The van der Waals surface area contributed by atoms with Crippen LogP contribution in [0.3, 0.4) is 0 Å². The van der Waals surface area contributed by atoms with Gasteiger partial charge in [0.25, 0.3) is 0 Å². The van der Waals surface area contributed by atoms with Crippen molar-refractivity contribution in [2.75, 3.05) is 18.5 Å². The lowest BCUT2D eigenvalue weighted by atomic mass is 9.94. The summed E-state index contributed by atoms with van der Waals surface area (Å²) in [7, 11) is 2.15. The van der Waals surface area contributed by atoms with Crippen molar-refractivity contribution in [1.29, 1.82) is 0 Å². The van der Waals surface area contributed by atoms with Crippen LogP contribution in [0.5, 0.6) is 0 Å². The number of nitrogens with two attached hydrogens (primary N) is 1. The fourth-order valence-corrected chi connectivity index (χ4v) is 2.68. The van der Waals surface area contributed by atoms with Crippen molar-refractivity contribution in [2.45, 2.75) is 38.1 Å². The summed E-state index contributed by atoms with van der Waals surface area (Å²) < 4.78 is 0. The second-order valence-electron chi connectivity index (χ2n) is 5.08. The lowest BCUT2D eigenvalue weighted by molar-refractivity contribution is 0.100. The number of rotatable bonds is 4. The largest absolute Gasteiger partial charge is 0.372 e. The van der Waals surface area contributed by atoms with Gasteiger partial charge in [0.15, 0.2) is 5.78 Å². The van der Waals surface area contributed by atoms with Crippen LogP contribution in [0.15, 0.2) is 24.3 Å². The normalized spacial score (nSPS) is 16.6. The summed E-state index contributed by atoms with van der Waals surface area (Å²) in [6.07, 6.45) is 6.59. The van der Waals surface area contributed by atoms with Crippen molar-refractivity contribution in [3.63, 3.8) is 0 Å². The molecular weight excluding hydrogens is 224 g/mol. The van der Waals surface area contributed by atoms with Gasteiger partial charge in [0.2, 0.25) is 0 Å². The molecule has 1 saturated carbocycles. The van der Waals surface area contributed by atoms with Crippen LogP contribution in [0.2, 0.25) is 0 Å². The average molecular weight is 246 g/mol. The molecule has 1 aromatic carbocycles. The zero-order valence-corrected chi connectivity index (χ0v) is 11.1. The van der Waals surface area contributed by atoms with Crippen LogP contribution < -0.4 is 10.6 Å². The molecule has 0 aromatic heterocycles. The van der Waals surface area contributed by atoms with Crippen LogP contribution in [0.25, 0.3) is 0 Å². The molecular formula is C15H22N2O. The molecule has 2 rings (SSSR count). The quantitative estimate of drug-likeness (QED) is 0.831. The van der Waals surface area contributed by atoms with E-state index in [1.54, 1.807) is 0 Å². The van der Waals surface area contributed by atoms with Crippen LogP contribution >= 0.6 is 0 Å². The number of anilines is 1. The van der Waals surface area contributed by atoms with Crippen molar-refractivity contribution >= 4 is 11.5 Å². The van der Waals surface area contributed by atoms with Gasteiger partial charge in [-0.05, 0) is 37.1 Å². The van der Waals surface area contributed by atoms with Gasteiger partial charge in [0.1, 0.15) is 0 Å². The maximum Gasteiger partial charge on any atom is 0.176 e. The molecule has 0 spiro atoms. The third-order valence-electron chi connectivity index (χ3n) is 3.90. The molecule has 0 bridgehead atoms. The Balaban J connectivity index is 2.06. The number of benzene rings is 1. The minimum Gasteiger partial charge on any atom is -0.372 e. The topological polar surface area (TPSA) is 46.3 Å². The molecule has 0 heterocycles. The van der Waals surface area contributed by atoms with Gasteiger partial charge in [-0.25, -0.2) is 0 Å². The van der Waals surface area contributed by atoms with E-state index >= 15 is 0 Å². The third kappa shape index (κ3) is 2.91. The van der Waals surface area contributed by atoms with Gasteiger partial charge in [-0.3, -0.25) is 4.79 Å². The highest BCUT2D eigenvalue weighted by Gasteiger charge is 2.18. The van der Waals surface area contributed by atoms with E-state index in [0.717, 1.165) is 0 Å². The first-order valence-electron chi connectivity index (χ1n) is 6.78. The molecule has 1 aliphatic carbocycles. The predicted molar refractivity (Wildman–Crippen MR) is 75.1 cm³/mol. The standard InChI is InChI=1S/C15H22N2O/c1-17(13-5-3-2-4-6-13)14-9-7-12(8-10-14)15(18)11-16/h7-10,13H,2-6,11,16H2,1H3. The maximum atomic E-state index is 11.5. The van der Waals surface area contributed by atoms with Crippen molar-refractivity contribution in [3.8, 4) is 0 Å². The molecule has 1 aliphatic rings. The Morgan fingerprint density at radius 3 is 2.39 bits per heavy atom. The van der Waals surface area contributed by atoms with Crippen molar-refractivity contribution in [3.05, 3.63) is 29.8 Å². The Bertz CT molecular complexity index is 393. The third-order valence-corrected chi connectivity index (χ3v) is 3.90. The Morgan fingerprint density at radius 1 is 1.22 bits per heavy atom. The highest BCUT2D eigenvalue weighted by atomic mass is 16.1. The Hall–Kier alpha value is -1.35. The molecule has 0 unspecified atom stereocenters. The molecule has 18 heavy (non-hydrogen) atoms. The maximum absolute atomic E-state index is 11.5. The van der Waals surface area contributed by atoms with E-state index in [4.69, 9.17) is 5.73 Å². The van der Waals surface area contributed by atoms with Crippen LogP contribution in [0.1, 0.15) is 42.5 Å². The number of Topliss-reactive ketones (excluding diaryl/α,β-unsaturated/α-hetero) is 1. The smallest absolute Gasteiger partial charge is 0.176 e. The molecule has 1 aromatic rings.